The van der Waals surface area contributed by atoms with E-state index >= 15 is 0 Å². The molecule has 1 aliphatic heterocycles. The molecule has 112 valence electrons. The van der Waals surface area contributed by atoms with Crippen LogP contribution < -0.4 is 0 Å². The van der Waals surface area contributed by atoms with E-state index < -0.39 is 24.0 Å². The van der Waals surface area contributed by atoms with Crippen molar-refractivity contribution in [3.63, 3.8) is 0 Å². The van der Waals surface area contributed by atoms with Gasteiger partial charge in [-0.1, -0.05) is 0 Å². The summed E-state index contributed by atoms with van der Waals surface area (Å²) in [5.74, 6) is -0.651. The molecule has 1 aliphatic carbocycles. The molecular formula is C13H19NO6. The smallest absolute Gasteiger partial charge is 0.227 e. The average Bonchev–Trinajstić information content (AvgIpc) is 2.79. The van der Waals surface area contributed by atoms with Gasteiger partial charge < -0.3 is 25.0 Å². The zero-order chi connectivity index (χ0) is 14.9. The van der Waals surface area contributed by atoms with E-state index in [0.717, 1.165) is 0 Å². The zero-order valence-electron chi connectivity index (χ0n) is 11.3. The Bertz CT molecular complexity index is 460. The lowest BCUT2D eigenvalue weighted by atomic mass is 9.85. The van der Waals surface area contributed by atoms with Crippen LogP contribution in [-0.4, -0.2) is 63.9 Å². The first-order valence-corrected chi connectivity index (χ1v) is 6.52. The number of aliphatic hydroxyl groups excluding tert-OH is 2. The summed E-state index contributed by atoms with van der Waals surface area (Å²) < 4.78 is 5.07. The molecule has 1 heterocycles. The summed E-state index contributed by atoms with van der Waals surface area (Å²) in [6, 6.07) is -0.420. The molecule has 0 aromatic rings. The van der Waals surface area contributed by atoms with Gasteiger partial charge in [-0.2, -0.15) is 0 Å². The predicted octanol–water partition coefficient (Wildman–Crippen LogP) is -1.09. The summed E-state index contributed by atoms with van der Waals surface area (Å²) in [5, 5.41) is 28.8. The molecule has 1 amide bonds. The summed E-state index contributed by atoms with van der Waals surface area (Å²) in [5.41, 5.74) is -1.33. The highest BCUT2D eigenvalue weighted by atomic mass is 16.5. The minimum Gasteiger partial charge on any atom is -0.491 e. The van der Waals surface area contributed by atoms with Crippen LogP contribution >= 0.6 is 0 Å². The Balaban J connectivity index is 2.43. The van der Waals surface area contributed by atoms with Crippen LogP contribution in [0.2, 0.25) is 0 Å². The Labute approximate surface area is 116 Å². The number of nitrogens with zero attached hydrogens (tertiary/aromatic N) is 1. The predicted molar refractivity (Wildman–Crippen MR) is 67.3 cm³/mol. The molecule has 0 spiro atoms. The molecule has 0 radical (unpaired) electrons. The van der Waals surface area contributed by atoms with Crippen LogP contribution in [0.3, 0.4) is 0 Å². The largest absolute Gasteiger partial charge is 0.491 e. The number of carbonyl (C=O) groups excluding carboxylic acids is 2. The molecule has 0 aromatic carbocycles. The van der Waals surface area contributed by atoms with Crippen LogP contribution in [0, 0.1) is 0 Å². The van der Waals surface area contributed by atoms with Gasteiger partial charge >= 0.3 is 0 Å². The van der Waals surface area contributed by atoms with Crippen LogP contribution in [-0.2, 0) is 14.3 Å². The molecular weight excluding hydrogens is 266 g/mol. The highest BCUT2D eigenvalue weighted by molar-refractivity contribution is 5.97. The van der Waals surface area contributed by atoms with Gasteiger partial charge in [0.05, 0.1) is 32.1 Å². The van der Waals surface area contributed by atoms with Crippen LogP contribution in [0.5, 0.6) is 0 Å². The van der Waals surface area contributed by atoms with Crippen molar-refractivity contribution < 1.29 is 29.6 Å². The summed E-state index contributed by atoms with van der Waals surface area (Å²) in [7, 11) is 1.32. The Morgan fingerprint density at radius 1 is 1.35 bits per heavy atom. The number of allylic oxidation sites excluding steroid dienone is 1. The number of aliphatic hydroxyl groups is 3. The number of carbonyl (C=O) groups is 2. The standard InChI is InChI=1S/C13H19NO6/c1-20-12-9(4-13(19,7-16)5-10(12)17)14-8(6-15)2-3-11(14)18/h8,15-16,19H,2-7H2,1H3/t8-,13-/m1/s1. The molecule has 0 saturated carbocycles. The van der Waals surface area contributed by atoms with Crippen molar-refractivity contribution >= 4 is 11.7 Å². The quantitative estimate of drug-likeness (QED) is 0.606. The molecule has 7 heteroatoms. The molecule has 3 N–H and O–H groups in total. The Hall–Kier alpha value is -1.44. The zero-order valence-corrected chi connectivity index (χ0v) is 11.3. The monoisotopic (exact) mass is 285 g/mol. The minimum absolute atomic E-state index is 0.0248. The van der Waals surface area contributed by atoms with Gasteiger partial charge in [-0.25, -0.2) is 0 Å². The molecule has 20 heavy (non-hydrogen) atoms. The third kappa shape index (κ3) is 2.44. The third-order valence-corrected chi connectivity index (χ3v) is 3.83. The second kappa shape index (κ2) is 5.51. The van der Waals surface area contributed by atoms with Gasteiger partial charge in [-0.3, -0.25) is 9.59 Å². The van der Waals surface area contributed by atoms with E-state index in [0.29, 0.717) is 6.42 Å². The number of hydrogen-bond donors (Lipinski definition) is 3. The van der Waals surface area contributed by atoms with Crippen molar-refractivity contribution in [3.8, 4) is 0 Å². The highest BCUT2D eigenvalue weighted by Crippen LogP contribution is 2.36. The van der Waals surface area contributed by atoms with Crippen LogP contribution in [0.1, 0.15) is 25.7 Å². The summed E-state index contributed by atoms with van der Waals surface area (Å²) in [6.45, 7) is -0.803. The van der Waals surface area contributed by atoms with Crippen molar-refractivity contribution in [1.82, 2.24) is 4.90 Å². The molecule has 0 unspecified atom stereocenters. The Morgan fingerprint density at radius 3 is 2.60 bits per heavy atom. The number of ketones is 1. The maximum Gasteiger partial charge on any atom is 0.227 e. The number of likely N-dealkylation sites (tertiary alicyclic amines) is 1. The van der Waals surface area contributed by atoms with Crippen LogP contribution in [0.15, 0.2) is 11.5 Å². The fraction of sp³-hybridized carbons (Fsp3) is 0.692. The van der Waals surface area contributed by atoms with Gasteiger partial charge in [0.1, 0.15) is 5.60 Å². The maximum absolute atomic E-state index is 12.0. The average molecular weight is 285 g/mol. The lowest BCUT2D eigenvalue weighted by Gasteiger charge is -2.36. The normalized spacial score (nSPS) is 31.2. The third-order valence-electron chi connectivity index (χ3n) is 3.83. The van der Waals surface area contributed by atoms with E-state index in [1.165, 1.54) is 12.0 Å². The van der Waals surface area contributed by atoms with Crippen molar-refractivity contribution in [2.24, 2.45) is 0 Å². The fourth-order valence-electron chi connectivity index (χ4n) is 2.82. The van der Waals surface area contributed by atoms with Crippen molar-refractivity contribution in [2.45, 2.75) is 37.3 Å². The van der Waals surface area contributed by atoms with Crippen molar-refractivity contribution in [2.75, 3.05) is 20.3 Å². The van der Waals surface area contributed by atoms with E-state index in [2.05, 4.69) is 0 Å². The van der Waals surface area contributed by atoms with Gasteiger partial charge in [-0.05, 0) is 6.42 Å². The molecule has 2 aliphatic rings. The maximum atomic E-state index is 12.0. The minimum atomic E-state index is -1.59. The van der Waals surface area contributed by atoms with Gasteiger partial charge in [0.2, 0.25) is 11.7 Å². The SMILES string of the molecule is COC1=C(N2C(=O)CC[C@@H]2CO)C[C@](O)(CO)CC1=O. The van der Waals surface area contributed by atoms with E-state index in [9.17, 15) is 24.9 Å². The van der Waals surface area contributed by atoms with E-state index in [1.54, 1.807) is 0 Å². The lowest BCUT2D eigenvalue weighted by Crippen LogP contribution is -2.46. The van der Waals surface area contributed by atoms with E-state index in [4.69, 9.17) is 4.74 Å². The topological polar surface area (TPSA) is 107 Å². The number of hydrogen-bond acceptors (Lipinski definition) is 6. The summed E-state index contributed by atoms with van der Waals surface area (Å²) in [4.78, 5) is 25.3. The van der Waals surface area contributed by atoms with Gasteiger partial charge in [-0.15, -0.1) is 0 Å². The summed E-state index contributed by atoms with van der Waals surface area (Å²) >= 11 is 0. The highest BCUT2D eigenvalue weighted by Gasteiger charge is 2.44. The fourth-order valence-corrected chi connectivity index (χ4v) is 2.82. The van der Waals surface area contributed by atoms with E-state index in [1.807, 2.05) is 0 Å². The second-order valence-electron chi connectivity index (χ2n) is 5.28. The van der Waals surface area contributed by atoms with Gasteiger partial charge in [0, 0.05) is 19.3 Å². The van der Waals surface area contributed by atoms with E-state index in [-0.39, 0.29) is 43.2 Å². The number of rotatable bonds is 4. The van der Waals surface area contributed by atoms with Gasteiger partial charge in [0.25, 0.3) is 0 Å². The first kappa shape index (κ1) is 15.0. The van der Waals surface area contributed by atoms with Crippen molar-refractivity contribution in [1.29, 1.82) is 0 Å². The van der Waals surface area contributed by atoms with Crippen molar-refractivity contribution in [3.05, 3.63) is 11.5 Å². The first-order chi connectivity index (χ1) is 9.45. The second-order valence-corrected chi connectivity index (χ2v) is 5.28. The van der Waals surface area contributed by atoms with Crippen LogP contribution in [0.4, 0.5) is 0 Å². The first-order valence-electron chi connectivity index (χ1n) is 6.52. The lowest BCUT2D eigenvalue weighted by molar-refractivity contribution is -0.132. The molecule has 0 aromatic heterocycles. The van der Waals surface area contributed by atoms with Gasteiger partial charge in [0.15, 0.2) is 5.76 Å². The summed E-state index contributed by atoms with van der Waals surface area (Å²) in [6.07, 6.45) is 0.460. The molecule has 1 saturated heterocycles. The Kier molecular flexibility index (Phi) is 4.12. The number of amides is 1. The number of ether oxygens (including phenoxy) is 1. The molecule has 7 nitrogen and oxygen atoms in total. The Morgan fingerprint density at radius 2 is 2.05 bits per heavy atom. The number of Topliss-reactive ketones (excluding diaryl/α,β-unsaturated/α-hetero) is 1. The van der Waals surface area contributed by atoms with Crippen LogP contribution in [0.25, 0.3) is 0 Å². The number of methoxy groups -OCH3 is 1. The molecule has 0 bridgehead atoms. The molecule has 2 atom stereocenters. The molecule has 1 fully saturated rings. The molecule has 2 rings (SSSR count).